The highest BCUT2D eigenvalue weighted by Crippen LogP contribution is 2.67. The van der Waals surface area contributed by atoms with E-state index in [2.05, 4.69) is 32.2 Å². The predicted octanol–water partition coefficient (Wildman–Crippen LogP) is 5.84. The van der Waals surface area contributed by atoms with E-state index in [4.69, 9.17) is 0 Å². The number of aliphatic hydroxyl groups excluding tert-OH is 2. The van der Waals surface area contributed by atoms with E-state index in [-0.39, 0.29) is 28.9 Å². The van der Waals surface area contributed by atoms with Crippen molar-refractivity contribution in [3.63, 3.8) is 0 Å². The minimum absolute atomic E-state index is 0.0991. The zero-order valence-electron chi connectivity index (χ0n) is 22.7. The smallest absolute Gasteiger partial charge is 0.138 e. The molecule has 0 bridgehead atoms. The largest absolute Gasteiger partial charge is 0.393 e. The topological polar surface area (TPSA) is 69.6 Å². The molecule has 198 valence electrons. The van der Waals surface area contributed by atoms with Crippen LogP contribution in [0.3, 0.4) is 0 Å². The van der Waals surface area contributed by atoms with Gasteiger partial charge >= 0.3 is 0 Å². The molecule has 0 spiro atoms. The molecule has 10 unspecified atom stereocenters. The van der Waals surface area contributed by atoms with Crippen molar-refractivity contribution in [2.24, 2.45) is 40.4 Å². The van der Waals surface area contributed by atoms with E-state index in [1.807, 2.05) is 37.3 Å². The number of hydrogen-bond acceptors (Lipinski definition) is 4. The van der Waals surface area contributed by atoms with Gasteiger partial charge in [0.15, 0.2) is 0 Å². The molecular weight excluding hydrogens is 446 g/mol. The van der Waals surface area contributed by atoms with E-state index >= 15 is 0 Å². The molecule has 4 nitrogen and oxygen atoms in total. The van der Waals surface area contributed by atoms with Crippen LogP contribution in [0, 0.1) is 40.4 Å². The van der Waals surface area contributed by atoms with Gasteiger partial charge in [0, 0.05) is 24.9 Å². The summed E-state index contributed by atoms with van der Waals surface area (Å²) in [6, 6.07) is 9.65. The van der Waals surface area contributed by atoms with Crippen LogP contribution in [0.15, 0.2) is 42.0 Å². The molecule has 0 radical (unpaired) electrons. The van der Waals surface area contributed by atoms with E-state index in [0.29, 0.717) is 42.4 Å². The molecule has 4 heteroatoms. The van der Waals surface area contributed by atoms with Gasteiger partial charge in [0.2, 0.25) is 0 Å². The third-order valence-corrected chi connectivity index (χ3v) is 11.2. The van der Waals surface area contributed by atoms with Crippen LogP contribution in [0.2, 0.25) is 0 Å². The number of carbonyl (C=O) groups excluding carboxylic acids is 1. The molecule has 3 fully saturated rings. The van der Waals surface area contributed by atoms with Crippen molar-refractivity contribution in [3.05, 3.63) is 47.5 Å². The Bertz CT molecular complexity index is 975. The Morgan fingerprint density at radius 1 is 1.14 bits per heavy atom. The molecule has 0 saturated heterocycles. The van der Waals surface area contributed by atoms with E-state index in [9.17, 15) is 15.0 Å². The number of aliphatic hydroxyl groups is 2. The molecule has 4 aliphatic carbocycles. The Hall–Kier alpha value is -1.49. The SMILES string of the molecule is CC1CC2C3CC=C4CC(O)CCC4(C)C3CCC2(C)C1C(=O)CCNC(C)C(O)c1ccccc1. The summed E-state index contributed by atoms with van der Waals surface area (Å²) in [5.41, 5.74) is 2.77. The number of fused-ring (bicyclic) bond motifs is 5. The van der Waals surface area contributed by atoms with E-state index < -0.39 is 6.10 Å². The first-order valence-corrected chi connectivity index (χ1v) is 14.5. The molecule has 0 aromatic heterocycles. The van der Waals surface area contributed by atoms with Gasteiger partial charge in [0.25, 0.3) is 0 Å². The quantitative estimate of drug-likeness (QED) is 0.417. The Morgan fingerprint density at radius 3 is 2.64 bits per heavy atom. The van der Waals surface area contributed by atoms with Crippen LogP contribution < -0.4 is 5.32 Å². The lowest BCUT2D eigenvalue weighted by Gasteiger charge is -2.58. The molecule has 10 atom stereocenters. The monoisotopic (exact) mass is 493 g/mol. The summed E-state index contributed by atoms with van der Waals surface area (Å²) in [4.78, 5) is 13.7. The maximum Gasteiger partial charge on any atom is 0.138 e. The van der Waals surface area contributed by atoms with Crippen LogP contribution in [-0.2, 0) is 4.79 Å². The average Bonchev–Trinajstić information content (AvgIpc) is 3.14. The fraction of sp³-hybridized carbons (Fsp3) is 0.719. The van der Waals surface area contributed by atoms with Crippen LogP contribution in [0.4, 0.5) is 0 Å². The second-order valence-corrected chi connectivity index (χ2v) is 13.2. The standard InChI is InChI=1S/C32H47NO3/c1-20-18-27-25-11-10-23-19-24(34)12-15-31(23,3)26(25)13-16-32(27,4)29(20)28(35)14-17-33-21(2)30(36)22-8-6-5-7-9-22/h5-10,20-21,24-27,29-30,33-34,36H,11-19H2,1-4H3. The van der Waals surface area contributed by atoms with Crippen molar-refractivity contribution in [2.45, 2.75) is 97.3 Å². The van der Waals surface area contributed by atoms with Crippen molar-refractivity contribution in [3.8, 4) is 0 Å². The molecule has 5 rings (SSSR count). The molecule has 3 N–H and O–H groups in total. The minimum Gasteiger partial charge on any atom is -0.393 e. The van der Waals surface area contributed by atoms with Crippen LogP contribution in [0.1, 0.15) is 90.7 Å². The highest BCUT2D eigenvalue weighted by Gasteiger charge is 2.61. The number of ketones is 1. The first kappa shape index (κ1) is 26.1. The molecule has 4 aliphatic rings. The fourth-order valence-corrected chi connectivity index (χ4v) is 9.32. The maximum absolute atomic E-state index is 13.7. The third kappa shape index (κ3) is 4.41. The van der Waals surface area contributed by atoms with Gasteiger partial charge in [-0.25, -0.2) is 0 Å². The fourth-order valence-electron chi connectivity index (χ4n) is 9.32. The first-order valence-electron chi connectivity index (χ1n) is 14.5. The van der Waals surface area contributed by atoms with E-state index in [1.165, 1.54) is 18.4 Å². The molecule has 1 aromatic rings. The number of nitrogens with one attached hydrogen (secondary N) is 1. The lowest BCUT2D eigenvalue weighted by atomic mass is 9.47. The van der Waals surface area contributed by atoms with E-state index in [0.717, 1.165) is 37.7 Å². The Morgan fingerprint density at radius 2 is 1.89 bits per heavy atom. The third-order valence-electron chi connectivity index (χ3n) is 11.2. The summed E-state index contributed by atoms with van der Waals surface area (Å²) >= 11 is 0. The number of Topliss-reactive ketones (excluding diaryl/α,β-unsaturated/α-hetero) is 1. The normalized spacial score (nSPS) is 41.4. The van der Waals surface area contributed by atoms with Crippen molar-refractivity contribution in [2.75, 3.05) is 6.54 Å². The summed E-state index contributed by atoms with van der Waals surface area (Å²) < 4.78 is 0. The lowest BCUT2D eigenvalue weighted by Crippen LogP contribution is -2.51. The van der Waals surface area contributed by atoms with Gasteiger partial charge in [-0.1, -0.05) is 62.8 Å². The molecule has 0 aliphatic heterocycles. The van der Waals surface area contributed by atoms with E-state index in [1.54, 1.807) is 0 Å². The van der Waals surface area contributed by atoms with Crippen LogP contribution in [0.5, 0.6) is 0 Å². The predicted molar refractivity (Wildman–Crippen MR) is 144 cm³/mol. The highest BCUT2D eigenvalue weighted by atomic mass is 16.3. The maximum atomic E-state index is 13.7. The minimum atomic E-state index is -0.574. The Balaban J connectivity index is 1.23. The molecule has 0 amide bonds. The molecule has 3 saturated carbocycles. The molecular formula is C32H47NO3. The highest BCUT2D eigenvalue weighted by molar-refractivity contribution is 5.82. The van der Waals surface area contributed by atoms with Gasteiger partial charge in [0.1, 0.15) is 5.78 Å². The average molecular weight is 494 g/mol. The van der Waals surface area contributed by atoms with Gasteiger partial charge in [-0.2, -0.15) is 0 Å². The van der Waals surface area contributed by atoms with Crippen molar-refractivity contribution in [1.82, 2.24) is 5.32 Å². The number of hydrogen-bond donors (Lipinski definition) is 3. The number of allylic oxidation sites excluding steroid dienone is 1. The summed E-state index contributed by atoms with van der Waals surface area (Å²) in [7, 11) is 0. The van der Waals surface area contributed by atoms with Crippen LogP contribution in [-0.4, -0.2) is 34.7 Å². The zero-order valence-corrected chi connectivity index (χ0v) is 22.7. The summed E-state index contributed by atoms with van der Waals surface area (Å²) in [6.07, 6.45) is 9.88. The lowest BCUT2D eigenvalue weighted by molar-refractivity contribution is -0.131. The van der Waals surface area contributed by atoms with Crippen LogP contribution in [0.25, 0.3) is 0 Å². The second kappa shape index (κ2) is 10.0. The number of benzene rings is 1. The van der Waals surface area contributed by atoms with Gasteiger partial charge in [-0.3, -0.25) is 4.79 Å². The summed E-state index contributed by atoms with van der Waals surface area (Å²) in [6.45, 7) is 9.84. The van der Waals surface area contributed by atoms with Gasteiger partial charge < -0.3 is 15.5 Å². The van der Waals surface area contributed by atoms with Gasteiger partial charge in [-0.05, 0) is 91.9 Å². The zero-order chi connectivity index (χ0) is 25.7. The molecule has 0 heterocycles. The second-order valence-electron chi connectivity index (χ2n) is 13.2. The summed E-state index contributed by atoms with van der Waals surface area (Å²) in [5, 5.41) is 24.4. The van der Waals surface area contributed by atoms with Crippen molar-refractivity contribution >= 4 is 5.78 Å². The molecule has 36 heavy (non-hydrogen) atoms. The Labute approximate surface area is 218 Å². The van der Waals surface area contributed by atoms with Crippen LogP contribution >= 0.6 is 0 Å². The van der Waals surface area contributed by atoms with Gasteiger partial charge in [0.05, 0.1) is 12.2 Å². The molecule has 1 aromatic carbocycles. The Kier molecular flexibility index (Phi) is 7.26. The first-order chi connectivity index (χ1) is 17.1. The summed E-state index contributed by atoms with van der Waals surface area (Å²) in [5.74, 6) is 2.99. The number of carbonyl (C=O) groups is 1. The van der Waals surface area contributed by atoms with Crippen molar-refractivity contribution in [1.29, 1.82) is 0 Å². The number of rotatable bonds is 7. The van der Waals surface area contributed by atoms with Crippen molar-refractivity contribution < 1.29 is 15.0 Å². The van der Waals surface area contributed by atoms with Gasteiger partial charge in [-0.15, -0.1) is 0 Å².